The van der Waals surface area contributed by atoms with E-state index in [0.717, 1.165) is 32.1 Å². The number of allylic oxidation sites excluding steroid dienone is 9. The Bertz CT molecular complexity index is 819. The highest BCUT2D eigenvalue weighted by Crippen LogP contribution is 2.58. The van der Waals surface area contributed by atoms with Crippen LogP contribution in [0.3, 0.4) is 0 Å². The summed E-state index contributed by atoms with van der Waals surface area (Å²) in [6.07, 6.45) is 18.8. The van der Waals surface area contributed by atoms with E-state index in [1.807, 2.05) is 12.2 Å². The molecule has 29 heavy (non-hydrogen) atoms. The van der Waals surface area contributed by atoms with Gasteiger partial charge >= 0.3 is 0 Å². The van der Waals surface area contributed by atoms with E-state index in [1.54, 1.807) is 5.57 Å². The molecule has 0 heterocycles. The summed E-state index contributed by atoms with van der Waals surface area (Å²) >= 11 is 0. The van der Waals surface area contributed by atoms with Crippen LogP contribution in [-0.4, -0.2) is 12.1 Å². The molecule has 0 N–H and O–H groups in total. The molecule has 0 amide bonds. The van der Waals surface area contributed by atoms with Gasteiger partial charge in [-0.05, 0) is 85.0 Å². The molecule has 0 spiro atoms. The first-order valence-electron chi connectivity index (χ1n) is 11.5. The van der Waals surface area contributed by atoms with Crippen LogP contribution in [0.4, 0.5) is 0 Å². The average molecular weight is 391 g/mol. The van der Waals surface area contributed by atoms with Gasteiger partial charge in [0.15, 0.2) is 5.78 Å². The average Bonchev–Trinajstić information content (AvgIpc) is 3.13. The van der Waals surface area contributed by atoms with Crippen LogP contribution in [0.15, 0.2) is 59.3 Å². The molecule has 0 aromatic rings. The second kappa shape index (κ2) is 8.42. The van der Waals surface area contributed by atoms with Gasteiger partial charge in [0, 0.05) is 18.3 Å². The van der Waals surface area contributed by atoms with Gasteiger partial charge in [0.2, 0.25) is 0 Å². The van der Waals surface area contributed by atoms with E-state index in [2.05, 4.69) is 38.7 Å². The Labute approximate surface area is 175 Å². The number of aldehydes is 1. The van der Waals surface area contributed by atoms with Gasteiger partial charge in [-0.1, -0.05) is 50.3 Å². The van der Waals surface area contributed by atoms with Gasteiger partial charge in [-0.25, -0.2) is 0 Å². The van der Waals surface area contributed by atoms with E-state index in [1.165, 1.54) is 29.4 Å². The molecule has 154 valence electrons. The maximum absolute atomic E-state index is 12.0. The van der Waals surface area contributed by atoms with E-state index in [-0.39, 0.29) is 11.7 Å². The van der Waals surface area contributed by atoms with Crippen molar-refractivity contribution in [3.8, 4) is 0 Å². The van der Waals surface area contributed by atoms with E-state index >= 15 is 0 Å². The van der Waals surface area contributed by atoms with Gasteiger partial charge in [-0.3, -0.25) is 4.79 Å². The summed E-state index contributed by atoms with van der Waals surface area (Å²) in [5.41, 5.74) is 5.64. The van der Waals surface area contributed by atoms with Gasteiger partial charge in [0.1, 0.15) is 6.29 Å². The van der Waals surface area contributed by atoms with Gasteiger partial charge in [-0.2, -0.15) is 0 Å². The molecule has 0 saturated heterocycles. The third-order valence-corrected chi connectivity index (χ3v) is 7.75. The van der Waals surface area contributed by atoms with Crippen LogP contribution in [0.2, 0.25) is 0 Å². The summed E-state index contributed by atoms with van der Waals surface area (Å²) < 4.78 is 0. The van der Waals surface area contributed by atoms with Crippen molar-refractivity contribution in [1.29, 1.82) is 0 Å². The molecule has 0 radical (unpaired) electrons. The van der Waals surface area contributed by atoms with Crippen molar-refractivity contribution >= 4 is 12.1 Å². The molecular weight excluding hydrogens is 356 g/mol. The van der Waals surface area contributed by atoms with Crippen molar-refractivity contribution in [2.45, 2.75) is 58.8 Å². The second-order valence-corrected chi connectivity index (χ2v) is 9.71. The van der Waals surface area contributed by atoms with Crippen LogP contribution >= 0.6 is 0 Å². The number of hydrogen-bond acceptors (Lipinski definition) is 2. The molecule has 0 aromatic carbocycles. The monoisotopic (exact) mass is 390 g/mol. The molecule has 4 aliphatic carbocycles. The number of rotatable bonds is 5. The zero-order valence-corrected chi connectivity index (χ0v) is 17.9. The normalized spacial score (nSPS) is 34.7. The van der Waals surface area contributed by atoms with Crippen LogP contribution in [0.25, 0.3) is 0 Å². The lowest BCUT2D eigenvalue weighted by Crippen LogP contribution is -2.38. The largest absolute Gasteiger partial charge is 0.303 e. The summed E-state index contributed by atoms with van der Waals surface area (Å²) in [4.78, 5) is 23.8. The number of ketones is 1. The summed E-state index contributed by atoms with van der Waals surface area (Å²) in [6.45, 7) is 8.53. The molecule has 0 aliphatic heterocycles. The first-order chi connectivity index (χ1) is 14.0. The van der Waals surface area contributed by atoms with E-state index in [0.29, 0.717) is 36.0 Å². The van der Waals surface area contributed by atoms with Crippen LogP contribution in [0.5, 0.6) is 0 Å². The molecule has 3 unspecified atom stereocenters. The Kier molecular flexibility index (Phi) is 5.90. The Morgan fingerprint density at radius 3 is 2.69 bits per heavy atom. The SMILES string of the molecule is C=C/C(=C\C=C\C(C)C)[C@H]1CC2C(CC[C@@H]2C=O)C2CCC3=CC(=O)CCC3=C21. The Morgan fingerprint density at radius 1 is 1.14 bits per heavy atom. The number of carbonyl (C=O) groups is 2. The van der Waals surface area contributed by atoms with Crippen LogP contribution in [0, 0.1) is 35.5 Å². The number of carbonyl (C=O) groups excluding carboxylic acids is 2. The summed E-state index contributed by atoms with van der Waals surface area (Å²) in [5, 5.41) is 0. The van der Waals surface area contributed by atoms with Crippen molar-refractivity contribution in [2.24, 2.45) is 35.5 Å². The first kappa shape index (κ1) is 20.3. The summed E-state index contributed by atoms with van der Waals surface area (Å²) in [6, 6.07) is 0. The Morgan fingerprint density at radius 2 is 1.97 bits per heavy atom. The minimum atomic E-state index is 0.219. The van der Waals surface area contributed by atoms with Gasteiger partial charge in [0.25, 0.3) is 0 Å². The zero-order valence-electron chi connectivity index (χ0n) is 17.9. The van der Waals surface area contributed by atoms with Crippen molar-refractivity contribution in [3.63, 3.8) is 0 Å². The van der Waals surface area contributed by atoms with Crippen LogP contribution in [0.1, 0.15) is 58.8 Å². The van der Waals surface area contributed by atoms with E-state index < -0.39 is 0 Å². The third-order valence-electron chi connectivity index (χ3n) is 7.75. The minimum Gasteiger partial charge on any atom is -0.303 e. The Hall–Kier alpha value is -1.96. The fraction of sp³-hybridized carbons (Fsp3) is 0.556. The highest BCUT2D eigenvalue weighted by molar-refractivity contribution is 5.93. The third kappa shape index (κ3) is 3.79. The van der Waals surface area contributed by atoms with Gasteiger partial charge in [-0.15, -0.1) is 0 Å². The van der Waals surface area contributed by atoms with Gasteiger partial charge < -0.3 is 4.79 Å². The zero-order chi connectivity index (χ0) is 20.5. The van der Waals surface area contributed by atoms with Crippen molar-refractivity contribution < 1.29 is 9.59 Å². The minimum absolute atomic E-state index is 0.219. The molecule has 2 saturated carbocycles. The maximum Gasteiger partial charge on any atom is 0.156 e. The molecule has 4 aliphatic rings. The van der Waals surface area contributed by atoms with Crippen LogP contribution in [-0.2, 0) is 9.59 Å². The lowest BCUT2D eigenvalue weighted by atomic mass is 9.57. The topological polar surface area (TPSA) is 34.1 Å². The van der Waals surface area contributed by atoms with Crippen molar-refractivity contribution in [1.82, 2.24) is 0 Å². The van der Waals surface area contributed by atoms with Crippen molar-refractivity contribution in [2.75, 3.05) is 0 Å². The van der Waals surface area contributed by atoms with Crippen LogP contribution < -0.4 is 0 Å². The molecule has 2 nitrogen and oxygen atoms in total. The predicted molar refractivity (Wildman–Crippen MR) is 118 cm³/mol. The van der Waals surface area contributed by atoms with E-state index in [9.17, 15) is 9.59 Å². The van der Waals surface area contributed by atoms with Gasteiger partial charge in [0.05, 0.1) is 0 Å². The fourth-order valence-electron chi connectivity index (χ4n) is 6.50. The molecule has 4 rings (SSSR count). The predicted octanol–water partition coefficient (Wildman–Crippen LogP) is 6.17. The fourth-order valence-corrected chi connectivity index (χ4v) is 6.50. The Balaban J connectivity index is 1.80. The molecule has 0 aromatic heterocycles. The molecule has 2 heteroatoms. The highest BCUT2D eigenvalue weighted by atomic mass is 16.1. The molecule has 0 bridgehead atoms. The molecule has 2 fully saturated rings. The smallest absolute Gasteiger partial charge is 0.156 e. The summed E-state index contributed by atoms with van der Waals surface area (Å²) in [5.74, 6) is 3.07. The lowest BCUT2D eigenvalue weighted by molar-refractivity contribution is -0.115. The summed E-state index contributed by atoms with van der Waals surface area (Å²) in [7, 11) is 0. The standard InChI is InChI=1S/C27H34O2/c1-4-18(7-5-6-17(2)3)26-15-25-20(16-28)9-11-23(25)24-12-8-19-14-21(29)10-13-22(19)27(24)26/h4-7,14,16-17,20,23-26H,1,8-13,15H2,2-3H3/b6-5+,18-7+/t20-,23?,24?,25?,26-/m1/s1. The molecular formula is C27H34O2. The van der Waals surface area contributed by atoms with E-state index in [4.69, 9.17) is 0 Å². The molecule has 5 atom stereocenters. The first-order valence-corrected chi connectivity index (χ1v) is 11.5. The maximum atomic E-state index is 12.0. The lowest BCUT2D eigenvalue weighted by Gasteiger charge is -2.47. The second-order valence-electron chi connectivity index (χ2n) is 9.71. The quantitative estimate of drug-likeness (QED) is 0.416. The number of hydrogen-bond donors (Lipinski definition) is 0. The number of fused-ring (bicyclic) bond motifs is 4. The highest BCUT2D eigenvalue weighted by Gasteiger charge is 2.49. The van der Waals surface area contributed by atoms with Crippen molar-refractivity contribution in [3.05, 3.63) is 59.3 Å².